The van der Waals surface area contributed by atoms with Gasteiger partial charge in [-0.05, 0) is 30.6 Å². The summed E-state index contributed by atoms with van der Waals surface area (Å²) in [4.78, 5) is 0. The maximum Gasteiger partial charge on any atom is 0.00240 e. The molecule has 0 heteroatoms. The molecule has 0 nitrogen and oxygen atoms in total. The Hall–Kier alpha value is -0.960. The average molecular weight is 132 g/mol. The third kappa shape index (κ3) is 1.51. The van der Waals surface area contributed by atoms with Gasteiger partial charge in [0.05, 0.1) is 0 Å². The zero-order valence-corrected chi connectivity index (χ0v) is 6.57. The van der Waals surface area contributed by atoms with Crippen molar-refractivity contribution in [3.63, 3.8) is 0 Å². The van der Waals surface area contributed by atoms with E-state index < -0.39 is 0 Å². The molecule has 0 saturated carbocycles. The second kappa shape index (κ2) is 3.27. The smallest absolute Gasteiger partial charge is 0.00240 e. The van der Waals surface area contributed by atoms with Crippen molar-refractivity contribution in [2.45, 2.75) is 26.7 Å². The molecule has 0 aromatic carbocycles. The highest BCUT2D eigenvalue weighted by Gasteiger charge is 1.93. The van der Waals surface area contributed by atoms with Crippen LogP contribution in [-0.2, 0) is 0 Å². The van der Waals surface area contributed by atoms with Gasteiger partial charge in [-0.25, -0.2) is 0 Å². The first-order valence-corrected chi connectivity index (χ1v) is 3.78. The van der Waals surface area contributed by atoms with Crippen LogP contribution in [0, 0.1) is 0 Å². The second-order valence-electron chi connectivity index (χ2n) is 2.37. The minimum absolute atomic E-state index is 1.06. The second-order valence-corrected chi connectivity index (χ2v) is 2.37. The number of hydrogen-bond acceptors (Lipinski definition) is 0. The van der Waals surface area contributed by atoms with Gasteiger partial charge >= 0.3 is 0 Å². The number of hydrogen-bond donors (Lipinski definition) is 0. The van der Waals surface area contributed by atoms with E-state index in [2.05, 4.69) is 31.4 Å². The average Bonchev–Trinajstić information content (AvgIpc) is 2.05. The van der Waals surface area contributed by atoms with Gasteiger partial charge in [-0.3, -0.25) is 0 Å². The predicted molar refractivity (Wildman–Crippen MR) is 43.8 cm³/mol. The van der Waals surface area contributed by atoms with E-state index in [1.54, 1.807) is 0 Å². The third-order valence-corrected chi connectivity index (χ3v) is 1.64. The van der Waals surface area contributed by atoms with Crippen molar-refractivity contribution >= 4 is 0 Å². The molecule has 1 rings (SSSR count). The van der Waals surface area contributed by atoms with E-state index >= 15 is 0 Å². The van der Waals surface area contributed by atoms with E-state index in [0.717, 1.165) is 12.8 Å². The van der Waals surface area contributed by atoms with Gasteiger partial charge in [-0.1, -0.05) is 25.3 Å². The molecule has 0 bridgehead atoms. The minimum Gasteiger partial charge on any atom is -0.0697 e. The van der Waals surface area contributed by atoms with Crippen molar-refractivity contribution in [3.05, 3.63) is 34.8 Å². The maximum absolute atomic E-state index is 3.07. The molecule has 1 aliphatic carbocycles. The quantitative estimate of drug-likeness (QED) is 0.507. The SMILES string of the molecule is CCC1=C=C=CC(CC)=C1. The summed E-state index contributed by atoms with van der Waals surface area (Å²) in [5.41, 5.74) is 8.69. The molecular weight excluding hydrogens is 120 g/mol. The highest BCUT2D eigenvalue weighted by atomic mass is 14.0. The van der Waals surface area contributed by atoms with E-state index in [-0.39, 0.29) is 0 Å². The maximum atomic E-state index is 3.07. The van der Waals surface area contributed by atoms with E-state index in [1.807, 2.05) is 6.08 Å². The Morgan fingerprint density at radius 3 is 2.70 bits per heavy atom. The Kier molecular flexibility index (Phi) is 2.34. The fourth-order valence-electron chi connectivity index (χ4n) is 0.918. The van der Waals surface area contributed by atoms with Gasteiger partial charge in [-0.15, -0.1) is 0 Å². The summed E-state index contributed by atoms with van der Waals surface area (Å²) < 4.78 is 0. The van der Waals surface area contributed by atoms with E-state index in [1.165, 1.54) is 11.1 Å². The summed E-state index contributed by atoms with van der Waals surface area (Å²) in [7, 11) is 0. The molecule has 0 amide bonds. The molecule has 0 aromatic rings. The molecular formula is C10H12. The van der Waals surface area contributed by atoms with Gasteiger partial charge in [0.1, 0.15) is 0 Å². The third-order valence-electron chi connectivity index (χ3n) is 1.64. The summed E-state index contributed by atoms with van der Waals surface area (Å²) in [6, 6.07) is 0. The van der Waals surface area contributed by atoms with Gasteiger partial charge in [0, 0.05) is 5.57 Å². The largest absolute Gasteiger partial charge is 0.0697 e. The summed E-state index contributed by atoms with van der Waals surface area (Å²) >= 11 is 0. The standard InChI is InChI=1S/C10H12/c1-3-9-6-5-7-10(4-2)8-9/h6,8H,3-4H2,1-2H3. The zero-order chi connectivity index (χ0) is 7.40. The zero-order valence-electron chi connectivity index (χ0n) is 6.57. The lowest BCUT2D eigenvalue weighted by molar-refractivity contribution is 1.10. The van der Waals surface area contributed by atoms with Crippen LogP contribution in [0.5, 0.6) is 0 Å². The molecule has 0 fully saturated rings. The summed E-state index contributed by atoms with van der Waals surface area (Å²) in [6.07, 6.45) is 6.35. The Balaban J connectivity index is 2.87. The van der Waals surface area contributed by atoms with Crippen LogP contribution in [0.2, 0.25) is 0 Å². The van der Waals surface area contributed by atoms with Crippen LogP contribution in [0.25, 0.3) is 0 Å². The van der Waals surface area contributed by atoms with Crippen LogP contribution in [-0.4, -0.2) is 0 Å². The molecule has 0 aliphatic heterocycles. The number of allylic oxidation sites excluding steroid dienone is 4. The fraction of sp³-hybridized carbons (Fsp3) is 0.400. The van der Waals surface area contributed by atoms with Crippen LogP contribution in [0.15, 0.2) is 34.8 Å². The van der Waals surface area contributed by atoms with Gasteiger partial charge in [0.15, 0.2) is 0 Å². The van der Waals surface area contributed by atoms with Crippen LogP contribution in [0.1, 0.15) is 26.7 Å². The monoisotopic (exact) mass is 132 g/mol. The van der Waals surface area contributed by atoms with E-state index in [4.69, 9.17) is 0 Å². The first-order valence-electron chi connectivity index (χ1n) is 3.78. The van der Waals surface area contributed by atoms with Crippen molar-refractivity contribution < 1.29 is 0 Å². The van der Waals surface area contributed by atoms with Crippen molar-refractivity contribution in [2.24, 2.45) is 0 Å². The fourth-order valence-corrected chi connectivity index (χ4v) is 0.918. The van der Waals surface area contributed by atoms with Gasteiger partial charge in [0.25, 0.3) is 0 Å². The minimum atomic E-state index is 1.06. The molecule has 0 spiro atoms. The van der Waals surface area contributed by atoms with Crippen LogP contribution in [0.4, 0.5) is 0 Å². The topological polar surface area (TPSA) is 0 Å². The molecule has 0 radical (unpaired) electrons. The van der Waals surface area contributed by atoms with Crippen LogP contribution < -0.4 is 0 Å². The lowest BCUT2D eigenvalue weighted by atomic mass is 10.1. The van der Waals surface area contributed by atoms with Crippen LogP contribution >= 0.6 is 0 Å². The molecule has 52 valence electrons. The molecule has 0 atom stereocenters. The summed E-state index contributed by atoms with van der Waals surface area (Å²) in [6.45, 7) is 4.29. The van der Waals surface area contributed by atoms with Crippen molar-refractivity contribution in [3.8, 4) is 0 Å². The molecule has 0 aromatic heterocycles. The Labute approximate surface area is 62.3 Å². The van der Waals surface area contributed by atoms with Crippen molar-refractivity contribution in [1.29, 1.82) is 0 Å². The lowest BCUT2D eigenvalue weighted by Gasteiger charge is -1.98. The molecule has 10 heavy (non-hydrogen) atoms. The highest BCUT2D eigenvalue weighted by Crippen LogP contribution is 2.11. The normalized spacial score (nSPS) is 15.0. The van der Waals surface area contributed by atoms with E-state index in [9.17, 15) is 0 Å². The van der Waals surface area contributed by atoms with Crippen LogP contribution in [0.3, 0.4) is 0 Å². The number of rotatable bonds is 2. The van der Waals surface area contributed by atoms with Gasteiger partial charge < -0.3 is 0 Å². The molecule has 0 unspecified atom stereocenters. The van der Waals surface area contributed by atoms with Crippen molar-refractivity contribution in [2.75, 3.05) is 0 Å². The molecule has 0 N–H and O–H groups in total. The van der Waals surface area contributed by atoms with E-state index in [0.29, 0.717) is 0 Å². The summed E-state index contributed by atoms with van der Waals surface area (Å²) in [5.74, 6) is 0. The Morgan fingerprint density at radius 2 is 2.10 bits per heavy atom. The Morgan fingerprint density at radius 1 is 1.30 bits per heavy atom. The van der Waals surface area contributed by atoms with Gasteiger partial charge in [-0.2, -0.15) is 0 Å². The van der Waals surface area contributed by atoms with Gasteiger partial charge in [0.2, 0.25) is 0 Å². The highest BCUT2D eigenvalue weighted by molar-refractivity contribution is 5.32. The predicted octanol–water partition coefficient (Wildman–Crippen LogP) is 2.98. The molecule has 1 aliphatic rings. The Bertz CT molecular complexity index is 241. The molecule has 0 saturated heterocycles. The first-order chi connectivity index (χ1) is 4.86. The lowest BCUT2D eigenvalue weighted by Crippen LogP contribution is -1.80. The summed E-state index contributed by atoms with van der Waals surface area (Å²) in [5, 5.41) is 0. The van der Waals surface area contributed by atoms with Crippen molar-refractivity contribution in [1.82, 2.24) is 0 Å². The first kappa shape index (κ1) is 7.15. The molecule has 0 heterocycles.